The molecule has 0 radical (unpaired) electrons. The van der Waals surface area contributed by atoms with Crippen LogP contribution in [0.3, 0.4) is 0 Å². The maximum atomic E-state index is 13.4. The maximum Gasteiger partial charge on any atom is 0.394 e. The van der Waals surface area contributed by atoms with Crippen molar-refractivity contribution in [2.45, 2.75) is 48.6 Å². The van der Waals surface area contributed by atoms with Crippen molar-refractivity contribution in [3.63, 3.8) is 0 Å². The van der Waals surface area contributed by atoms with E-state index in [1.807, 2.05) is 0 Å². The molecule has 10 heteroatoms. The largest absolute Gasteiger partial charge is 0.394 e. The van der Waals surface area contributed by atoms with Crippen LogP contribution in [0.25, 0.3) is 4.98 Å². The Labute approximate surface area is 138 Å². The minimum Gasteiger partial charge on any atom is -0.207 e. The molecule has 0 aliphatic rings. The molecule has 0 aliphatic carbocycles. The molecule has 2 nitrogen and oxygen atoms in total. The highest BCUT2D eigenvalue weighted by Crippen LogP contribution is 2.40. The fourth-order valence-electron chi connectivity index (χ4n) is 1.95. The van der Waals surface area contributed by atoms with Gasteiger partial charge in [-0.25, -0.2) is 17.6 Å². The monoisotopic (exact) mass is 375 g/mol. The Morgan fingerprint density at radius 3 is 1.96 bits per heavy atom. The van der Waals surface area contributed by atoms with Gasteiger partial charge >= 0.3 is 11.9 Å². The summed E-state index contributed by atoms with van der Waals surface area (Å²) in [6, 6.07) is 6.17. The lowest BCUT2D eigenvalue weighted by Crippen LogP contribution is -2.33. The molecular weight excluding hydrogens is 361 g/mol. The van der Waals surface area contributed by atoms with Crippen molar-refractivity contribution < 1.29 is 30.7 Å². The van der Waals surface area contributed by atoms with Gasteiger partial charge in [0.15, 0.2) is 4.98 Å². The number of diazo groups is 1. The van der Waals surface area contributed by atoms with Gasteiger partial charge in [0, 0.05) is 23.4 Å². The van der Waals surface area contributed by atoms with Crippen molar-refractivity contribution >= 4 is 17.4 Å². The molecule has 0 amide bonds. The van der Waals surface area contributed by atoms with Crippen molar-refractivity contribution in [3.05, 3.63) is 29.2 Å². The molecule has 0 aliphatic heterocycles. The van der Waals surface area contributed by atoms with Gasteiger partial charge in [0.2, 0.25) is 5.39 Å². The molecule has 0 aromatic heterocycles. The Morgan fingerprint density at radius 1 is 0.875 bits per heavy atom. The summed E-state index contributed by atoms with van der Waals surface area (Å²) >= 11 is 1.18. The highest BCUT2D eigenvalue weighted by atomic mass is 32.2. The molecule has 0 bridgehead atoms. The molecule has 24 heavy (non-hydrogen) atoms. The number of hydrogen-bond acceptors (Lipinski definition) is 2. The second-order valence-corrected chi connectivity index (χ2v) is 6.39. The molecule has 0 saturated carbocycles. The van der Waals surface area contributed by atoms with Crippen molar-refractivity contribution in [1.29, 1.82) is 5.39 Å². The van der Waals surface area contributed by atoms with Crippen LogP contribution in [0.4, 0.5) is 36.4 Å². The molecular formula is C14H14F7N2S+. The summed E-state index contributed by atoms with van der Waals surface area (Å²) in [6.45, 7) is 0. The second-order valence-electron chi connectivity index (χ2n) is 5.23. The molecule has 0 saturated heterocycles. The molecule has 134 valence electrons. The lowest BCUT2D eigenvalue weighted by atomic mass is 10.0. The number of halogens is 7. The number of thioether (sulfide) groups is 1. The molecule has 0 atom stereocenters. The number of hydrogen-bond donors (Lipinski definition) is 0. The molecule has 1 rings (SSSR count). The fraction of sp³-hybridized carbons (Fsp3) is 0.571. The zero-order chi connectivity index (χ0) is 18.4. The van der Waals surface area contributed by atoms with E-state index in [2.05, 4.69) is 4.98 Å². The molecule has 0 unspecified atom stereocenters. The van der Waals surface area contributed by atoms with Gasteiger partial charge in [-0.3, -0.25) is 0 Å². The van der Waals surface area contributed by atoms with Gasteiger partial charge in [-0.1, -0.05) is 0 Å². The number of alkyl halides is 7. The molecule has 0 spiro atoms. The van der Waals surface area contributed by atoms with Crippen LogP contribution in [0.2, 0.25) is 0 Å². The van der Waals surface area contributed by atoms with Gasteiger partial charge in [-0.2, -0.15) is 13.2 Å². The summed E-state index contributed by atoms with van der Waals surface area (Å²) in [6.07, 6.45) is -10.9. The highest BCUT2D eigenvalue weighted by Gasteiger charge is 2.49. The molecule has 1 aromatic rings. The van der Waals surface area contributed by atoms with E-state index in [1.165, 1.54) is 23.9 Å². The predicted molar refractivity (Wildman–Crippen MR) is 76.3 cm³/mol. The van der Waals surface area contributed by atoms with Crippen LogP contribution in [0.1, 0.15) is 25.7 Å². The molecule has 0 N–H and O–H groups in total. The van der Waals surface area contributed by atoms with E-state index in [0.29, 0.717) is 10.6 Å². The van der Waals surface area contributed by atoms with Crippen molar-refractivity contribution in [2.24, 2.45) is 0 Å². The zero-order valence-electron chi connectivity index (χ0n) is 12.3. The average molecular weight is 375 g/mol. The minimum atomic E-state index is -5.19. The van der Waals surface area contributed by atoms with E-state index in [-0.39, 0.29) is 12.2 Å². The van der Waals surface area contributed by atoms with Gasteiger partial charge in [-0.15, -0.1) is 11.8 Å². The average Bonchev–Trinajstić information content (AvgIpc) is 2.40. The Morgan fingerprint density at radius 2 is 1.46 bits per heavy atom. The van der Waals surface area contributed by atoms with Crippen molar-refractivity contribution in [1.82, 2.24) is 0 Å². The summed E-state index contributed by atoms with van der Waals surface area (Å²) in [5, 5.41) is 8.50. The second kappa shape index (κ2) is 8.05. The van der Waals surface area contributed by atoms with Crippen LogP contribution < -0.4 is 0 Å². The number of benzene rings is 1. The topological polar surface area (TPSA) is 28.1 Å². The number of rotatable bonds is 8. The lowest BCUT2D eigenvalue weighted by Gasteiger charge is -2.24. The summed E-state index contributed by atoms with van der Waals surface area (Å²) in [5.74, 6) is -8.16. The van der Waals surface area contributed by atoms with Gasteiger partial charge in [-0.05, 0) is 24.3 Å². The first-order valence-corrected chi connectivity index (χ1v) is 7.81. The van der Waals surface area contributed by atoms with Crippen LogP contribution in [-0.4, -0.2) is 23.8 Å². The van der Waals surface area contributed by atoms with Crippen molar-refractivity contribution in [2.75, 3.05) is 5.75 Å². The Bertz CT molecular complexity index is 564. The first-order chi connectivity index (χ1) is 10.9. The van der Waals surface area contributed by atoms with E-state index in [9.17, 15) is 30.7 Å². The van der Waals surface area contributed by atoms with E-state index >= 15 is 0 Å². The first kappa shape index (κ1) is 20.5. The summed E-state index contributed by atoms with van der Waals surface area (Å²) < 4.78 is 88.7. The maximum absolute atomic E-state index is 13.4. The Kier molecular flexibility index (Phi) is 6.89. The molecule has 0 heterocycles. The van der Waals surface area contributed by atoms with Gasteiger partial charge < -0.3 is 0 Å². The Balaban J connectivity index is 2.40. The fourth-order valence-corrected chi connectivity index (χ4v) is 2.81. The highest BCUT2D eigenvalue weighted by molar-refractivity contribution is 7.99. The molecule has 1 aromatic carbocycles. The standard InChI is InChI=1S/C14H14F7N2S/c15-12(16,8-13(17,18)9-14(19,20)21)6-1-7-24-11-4-2-10(23-22)3-5-11/h2-5H,1,6-9H2/q+1. The van der Waals surface area contributed by atoms with Crippen LogP contribution >= 0.6 is 11.8 Å². The smallest absolute Gasteiger partial charge is 0.207 e. The first-order valence-electron chi connectivity index (χ1n) is 6.83. The third-order valence-corrected chi connectivity index (χ3v) is 3.98. The lowest BCUT2D eigenvalue weighted by molar-refractivity contribution is -0.206. The van der Waals surface area contributed by atoms with E-state index in [1.54, 1.807) is 12.1 Å². The van der Waals surface area contributed by atoms with Gasteiger partial charge in [0.25, 0.3) is 11.8 Å². The predicted octanol–water partition coefficient (Wildman–Crippen LogP) is 6.66. The summed E-state index contributed by atoms with van der Waals surface area (Å²) in [5.41, 5.74) is 0.317. The van der Waals surface area contributed by atoms with Crippen LogP contribution in [0.15, 0.2) is 29.2 Å². The SMILES string of the molecule is N#[N+]c1ccc(SCCCC(F)(F)CC(F)(F)CC(F)(F)F)cc1. The summed E-state index contributed by atoms with van der Waals surface area (Å²) in [7, 11) is 0. The normalized spacial score (nSPS) is 12.9. The third-order valence-electron chi connectivity index (χ3n) is 2.88. The van der Waals surface area contributed by atoms with Crippen LogP contribution in [0.5, 0.6) is 0 Å². The minimum absolute atomic E-state index is 0.133. The number of nitrogens with zero attached hydrogens (tertiary/aromatic N) is 2. The summed E-state index contributed by atoms with van der Waals surface area (Å²) in [4.78, 5) is 3.64. The van der Waals surface area contributed by atoms with Gasteiger partial charge in [0.05, 0.1) is 6.42 Å². The van der Waals surface area contributed by atoms with E-state index in [0.717, 1.165) is 0 Å². The quantitative estimate of drug-likeness (QED) is 0.220. The van der Waals surface area contributed by atoms with Crippen LogP contribution in [0, 0.1) is 5.39 Å². The Hall–Kier alpha value is -1.50. The van der Waals surface area contributed by atoms with E-state index in [4.69, 9.17) is 5.39 Å². The van der Waals surface area contributed by atoms with Crippen molar-refractivity contribution in [3.8, 4) is 0 Å². The zero-order valence-corrected chi connectivity index (χ0v) is 13.1. The molecule has 0 fully saturated rings. The van der Waals surface area contributed by atoms with Gasteiger partial charge in [0.1, 0.15) is 6.42 Å². The van der Waals surface area contributed by atoms with E-state index < -0.39 is 37.3 Å². The van der Waals surface area contributed by atoms with Crippen LogP contribution in [-0.2, 0) is 0 Å². The third kappa shape index (κ3) is 8.38.